The molecule has 8 heteroatoms. The standard InChI is InChI=1S/C24H26F2N4O2/c1-14(2)27-22(31)16-5-10-19(11-6-16)30-21-13-18(26)9-12-20(21)28-24(30)29-23(32)15-3-7-17(25)8-4-15/h3-4,7-9,12-14,16,19H,5-6,10-11H2,1-2H3,(H,27,31)(H,28,29,32)/t16-,19+. The molecule has 1 heterocycles. The van der Waals surface area contributed by atoms with Crippen molar-refractivity contribution >= 4 is 22.8 Å². The number of nitrogens with one attached hydrogen (secondary N) is 2. The molecule has 4 rings (SSSR count). The van der Waals surface area contributed by atoms with Crippen molar-refractivity contribution in [3.8, 4) is 0 Å². The monoisotopic (exact) mass is 440 g/mol. The number of carbonyl (C=O) groups is 2. The average Bonchev–Trinajstić information content (AvgIpc) is 3.10. The van der Waals surface area contributed by atoms with Crippen LogP contribution >= 0.6 is 0 Å². The van der Waals surface area contributed by atoms with E-state index >= 15 is 0 Å². The molecule has 1 fully saturated rings. The SMILES string of the molecule is CC(C)NC(=O)[C@H]1CC[C@@H](n2/c(=N/C(=O)c3ccc(F)cc3)[nH]c3ccc(F)cc32)CC1. The predicted molar refractivity (Wildman–Crippen MR) is 117 cm³/mol. The second-order valence-corrected chi connectivity index (χ2v) is 8.57. The Labute approximate surface area is 184 Å². The van der Waals surface area contributed by atoms with Gasteiger partial charge in [-0.3, -0.25) is 9.59 Å². The summed E-state index contributed by atoms with van der Waals surface area (Å²) in [6.07, 6.45) is 2.81. The van der Waals surface area contributed by atoms with E-state index in [1.807, 2.05) is 18.4 Å². The maximum absolute atomic E-state index is 14.0. The number of hydrogen-bond acceptors (Lipinski definition) is 2. The van der Waals surface area contributed by atoms with Gasteiger partial charge in [-0.05, 0) is 82.0 Å². The predicted octanol–water partition coefficient (Wildman–Crippen LogP) is 4.24. The smallest absolute Gasteiger partial charge is 0.280 e. The van der Waals surface area contributed by atoms with Gasteiger partial charge in [0.15, 0.2) is 0 Å². The summed E-state index contributed by atoms with van der Waals surface area (Å²) in [7, 11) is 0. The largest absolute Gasteiger partial charge is 0.354 e. The zero-order chi connectivity index (χ0) is 22.8. The number of imidazole rings is 1. The number of aromatic amines is 1. The van der Waals surface area contributed by atoms with Crippen molar-refractivity contribution in [2.24, 2.45) is 10.9 Å². The molecule has 6 nitrogen and oxygen atoms in total. The molecule has 1 aromatic heterocycles. The number of H-pyrrole nitrogens is 1. The van der Waals surface area contributed by atoms with E-state index in [1.165, 1.54) is 36.4 Å². The third kappa shape index (κ3) is 4.64. The number of benzene rings is 2. The van der Waals surface area contributed by atoms with Gasteiger partial charge in [0.1, 0.15) is 11.6 Å². The van der Waals surface area contributed by atoms with Gasteiger partial charge in [-0.2, -0.15) is 4.99 Å². The van der Waals surface area contributed by atoms with Crippen LogP contribution in [0.5, 0.6) is 0 Å². The van der Waals surface area contributed by atoms with Gasteiger partial charge in [-0.15, -0.1) is 0 Å². The minimum absolute atomic E-state index is 0.0339. The Hall–Kier alpha value is -3.29. The molecular formula is C24H26F2N4O2. The van der Waals surface area contributed by atoms with Crippen molar-refractivity contribution in [1.82, 2.24) is 14.9 Å². The zero-order valence-corrected chi connectivity index (χ0v) is 18.1. The summed E-state index contributed by atoms with van der Waals surface area (Å²) < 4.78 is 29.1. The van der Waals surface area contributed by atoms with Crippen LogP contribution in [-0.4, -0.2) is 27.4 Å². The van der Waals surface area contributed by atoms with Crippen LogP contribution in [-0.2, 0) is 4.79 Å². The maximum atomic E-state index is 14.0. The first-order chi connectivity index (χ1) is 15.3. The normalized spacial score (nSPS) is 19.5. The number of nitrogens with zero attached hydrogens (tertiary/aromatic N) is 2. The molecule has 0 bridgehead atoms. The molecule has 168 valence electrons. The first-order valence-corrected chi connectivity index (χ1v) is 10.9. The number of amides is 2. The number of rotatable bonds is 4. The molecule has 32 heavy (non-hydrogen) atoms. The fourth-order valence-corrected chi connectivity index (χ4v) is 4.31. The third-order valence-corrected chi connectivity index (χ3v) is 5.86. The van der Waals surface area contributed by atoms with Crippen molar-refractivity contribution in [3.63, 3.8) is 0 Å². The van der Waals surface area contributed by atoms with Crippen LogP contribution < -0.4 is 10.9 Å². The highest BCUT2D eigenvalue weighted by molar-refractivity contribution is 5.94. The molecular weight excluding hydrogens is 414 g/mol. The van der Waals surface area contributed by atoms with Gasteiger partial charge in [0.25, 0.3) is 5.91 Å². The van der Waals surface area contributed by atoms with Gasteiger partial charge in [0.05, 0.1) is 11.0 Å². The van der Waals surface area contributed by atoms with Crippen LogP contribution in [0.1, 0.15) is 55.9 Å². The lowest BCUT2D eigenvalue weighted by Gasteiger charge is -2.29. The minimum atomic E-state index is -0.518. The van der Waals surface area contributed by atoms with Gasteiger partial charge >= 0.3 is 0 Å². The molecule has 3 aromatic rings. The summed E-state index contributed by atoms with van der Waals surface area (Å²) in [4.78, 5) is 32.4. The van der Waals surface area contributed by atoms with E-state index < -0.39 is 11.7 Å². The topological polar surface area (TPSA) is 79.2 Å². The molecule has 0 saturated heterocycles. The lowest BCUT2D eigenvalue weighted by atomic mass is 9.85. The van der Waals surface area contributed by atoms with Crippen LogP contribution in [0.3, 0.4) is 0 Å². The van der Waals surface area contributed by atoms with E-state index in [1.54, 1.807) is 6.07 Å². The minimum Gasteiger partial charge on any atom is -0.354 e. The second kappa shape index (κ2) is 9.06. The Morgan fingerprint density at radius 3 is 2.34 bits per heavy atom. The Balaban J connectivity index is 1.68. The molecule has 0 unspecified atom stereocenters. The molecule has 0 spiro atoms. The molecule has 2 N–H and O–H groups in total. The fourth-order valence-electron chi connectivity index (χ4n) is 4.31. The Morgan fingerprint density at radius 2 is 1.69 bits per heavy atom. The van der Waals surface area contributed by atoms with Crippen molar-refractivity contribution in [2.45, 2.75) is 51.6 Å². The number of carbonyl (C=O) groups excluding carboxylic acids is 2. The highest BCUT2D eigenvalue weighted by Crippen LogP contribution is 2.33. The average molecular weight is 440 g/mol. The van der Waals surface area contributed by atoms with Crippen LogP contribution in [0.15, 0.2) is 47.5 Å². The second-order valence-electron chi connectivity index (χ2n) is 8.57. The maximum Gasteiger partial charge on any atom is 0.280 e. The summed E-state index contributed by atoms with van der Waals surface area (Å²) in [5, 5.41) is 2.97. The Bertz CT molecular complexity index is 1200. The van der Waals surface area contributed by atoms with Crippen molar-refractivity contribution in [1.29, 1.82) is 0 Å². The lowest BCUT2D eigenvalue weighted by molar-refractivity contribution is -0.126. The van der Waals surface area contributed by atoms with E-state index in [0.29, 0.717) is 42.3 Å². The van der Waals surface area contributed by atoms with Crippen molar-refractivity contribution in [3.05, 3.63) is 65.3 Å². The zero-order valence-electron chi connectivity index (χ0n) is 18.1. The van der Waals surface area contributed by atoms with E-state index in [-0.39, 0.29) is 35.3 Å². The Kier molecular flexibility index (Phi) is 6.21. The first-order valence-electron chi connectivity index (χ1n) is 10.9. The quantitative estimate of drug-likeness (QED) is 0.636. The molecule has 2 aromatic carbocycles. The first kappa shape index (κ1) is 21.9. The highest BCUT2D eigenvalue weighted by atomic mass is 19.1. The van der Waals surface area contributed by atoms with E-state index in [0.717, 1.165) is 0 Å². The van der Waals surface area contributed by atoms with Crippen molar-refractivity contribution < 1.29 is 18.4 Å². The Morgan fingerprint density at radius 1 is 1.03 bits per heavy atom. The van der Waals surface area contributed by atoms with Crippen LogP contribution in [0, 0.1) is 17.6 Å². The van der Waals surface area contributed by atoms with Gasteiger partial charge < -0.3 is 14.9 Å². The molecule has 1 aliphatic rings. The molecule has 1 saturated carbocycles. The van der Waals surface area contributed by atoms with Gasteiger partial charge in [-0.25, -0.2) is 8.78 Å². The van der Waals surface area contributed by atoms with Gasteiger partial charge in [-0.1, -0.05) is 0 Å². The lowest BCUT2D eigenvalue weighted by Crippen LogP contribution is -2.38. The summed E-state index contributed by atoms with van der Waals surface area (Å²) >= 11 is 0. The number of fused-ring (bicyclic) bond motifs is 1. The van der Waals surface area contributed by atoms with Crippen LogP contribution in [0.25, 0.3) is 11.0 Å². The summed E-state index contributed by atoms with van der Waals surface area (Å²) in [6, 6.07) is 9.62. The summed E-state index contributed by atoms with van der Waals surface area (Å²) in [5.41, 5.74) is 1.86. The van der Waals surface area contributed by atoms with Gasteiger partial charge in [0, 0.05) is 23.6 Å². The van der Waals surface area contributed by atoms with Crippen LogP contribution in [0.2, 0.25) is 0 Å². The summed E-state index contributed by atoms with van der Waals surface area (Å²) in [5.74, 6) is -1.33. The van der Waals surface area contributed by atoms with Crippen molar-refractivity contribution in [2.75, 3.05) is 0 Å². The van der Waals surface area contributed by atoms with Crippen LogP contribution in [0.4, 0.5) is 8.78 Å². The molecule has 2 amide bonds. The van der Waals surface area contributed by atoms with E-state index in [4.69, 9.17) is 0 Å². The van der Waals surface area contributed by atoms with E-state index in [9.17, 15) is 18.4 Å². The number of hydrogen-bond donors (Lipinski definition) is 2. The third-order valence-electron chi connectivity index (χ3n) is 5.86. The molecule has 0 aliphatic heterocycles. The van der Waals surface area contributed by atoms with E-state index in [2.05, 4.69) is 15.3 Å². The number of aromatic nitrogens is 2. The molecule has 0 radical (unpaired) electrons. The molecule has 0 atom stereocenters. The molecule has 1 aliphatic carbocycles. The highest BCUT2D eigenvalue weighted by Gasteiger charge is 2.29. The van der Waals surface area contributed by atoms with Gasteiger partial charge in [0.2, 0.25) is 11.5 Å². The fraction of sp³-hybridized carbons (Fsp3) is 0.375. The summed E-state index contributed by atoms with van der Waals surface area (Å²) in [6.45, 7) is 3.87. The number of halogens is 2.